The third-order valence-corrected chi connectivity index (χ3v) is 3.38. The van der Waals surface area contributed by atoms with Crippen molar-refractivity contribution in [2.24, 2.45) is 0 Å². The summed E-state index contributed by atoms with van der Waals surface area (Å²) in [5.74, 6) is 1.33. The van der Waals surface area contributed by atoms with Crippen LogP contribution >= 0.6 is 0 Å². The SMILES string of the molecule is CCCCCCCC(CC)c1ncn(CCF)n1. The van der Waals surface area contributed by atoms with E-state index in [0.29, 0.717) is 12.5 Å². The van der Waals surface area contributed by atoms with Gasteiger partial charge in [0, 0.05) is 5.92 Å². The second-order valence-corrected chi connectivity index (χ2v) is 4.86. The average Bonchev–Trinajstić information content (AvgIpc) is 2.83. The van der Waals surface area contributed by atoms with Gasteiger partial charge in [-0.1, -0.05) is 46.0 Å². The third kappa shape index (κ3) is 5.15. The molecule has 0 spiro atoms. The molecule has 0 saturated heterocycles. The fourth-order valence-electron chi connectivity index (χ4n) is 2.20. The highest BCUT2D eigenvalue weighted by molar-refractivity contribution is 4.93. The summed E-state index contributed by atoms with van der Waals surface area (Å²) in [6, 6.07) is 0. The second-order valence-electron chi connectivity index (χ2n) is 4.86. The Bertz CT molecular complexity index is 312. The normalized spacial score (nSPS) is 12.8. The molecule has 1 aromatic heterocycles. The van der Waals surface area contributed by atoms with Gasteiger partial charge in [0.15, 0.2) is 5.82 Å². The zero-order chi connectivity index (χ0) is 13.2. The molecular formula is C14H26FN3. The number of nitrogens with zero attached hydrogens (tertiary/aromatic N) is 3. The van der Waals surface area contributed by atoms with Crippen LogP contribution in [0.4, 0.5) is 4.39 Å². The van der Waals surface area contributed by atoms with Gasteiger partial charge in [-0.05, 0) is 12.8 Å². The Morgan fingerprint density at radius 1 is 1.22 bits per heavy atom. The van der Waals surface area contributed by atoms with E-state index in [1.54, 1.807) is 11.0 Å². The van der Waals surface area contributed by atoms with E-state index in [1.165, 1.54) is 32.1 Å². The molecule has 104 valence electrons. The van der Waals surface area contributed by atoms with Gasteiger partial charge in [0.25, 0.3) is 0 Å². The summed E-state index contributed by atoms with van der Waals surface area (Å²) >= 11 is 0. The lowest BCUT2D eigenvalue weighted by molar-refractivity contribution is 0.422. The van der Waals surface area contributed by atoms with E-state index in [-0.39, 0.29) is 6.67 Å². The van der Waals surface area contributed by atoms with Crippen molar-refractivity contribution in [3.8, 4) is 0 Å². The number of unbranched alkanes of at least 4 members (excludes halogenated alkanes) is 4. The molecule has 1 aromatic rings. The number of rotatable bonds is 10. The fourth-order valence-corrected chi connectivity index (χ4v) is 2.20. The van der Waals surface area contributed by atoms with Crippen molar-refractivity contribution in [3.63, 3.8) is 0 Å². The summed E-state index contributed by atoms with van der Waals surface area (Å²) in [7, 11) is 0. The third-order valence-electron chi connectivity index (χ3n) is 3.38. The van der Waals surface area contributed by atoms with Crippen LogP contribution in [0.1, 0.15) is 70.5 Å². The molecule has 0 aliphatic rings. The van der Waals surface area contributed by atoms with Crippen LogP contribution in [-0.2, 0) is 6.54 Å². The molecule has 1 unspecified atom stereocenters. The second kappa shape index (κ2) is 9.06. The van der Waals surface area contributed by atoms with Gasteiger partial charge in [-0.3, -0.25) is 4.68 Å². The van der Waals surface area contributed by atoms with E-state index in [0.717, 1.165) is 18.7 Å². The summed E-state index contributed by atoms with van der Waals surface area (Å²) < 4.78 is 13.8. The molecule has 1 atom stereocenters. The van der Waals surface area contributed by atoms with E-state index < -0.39 is 0 Å². The minimum Gasteiger partial charge on any atom is -0.250 e. The van der Waals surface area contributed by atoms with Crippen molar-refractivity contribution < 1.29 is 4.39 Å². The predicted molar refractivity (Wildman–Crippen MR) is 72.4 cm³/mol. The first-order valence-electron chi connectivity index (χ1n) is 7.27. The first kappa shape index (κ1) is 15.1. The standard InChI is InChI=1S/C14H26FN3/c1-3-5-6-7-8-9-13(4-2)14-16-12-18(17-14)11-10-15/h12-13H,3-11H2,1-2H3. The van der Waals surface area contributed by atoms with Crippen molar-refractivity contribution in [2.45, 2.75) is 71.3 Å². The van der Waals surface area contributed by atoms with Crippen LogP contribution < -0.4 is 0 Å². The average molecular weight is 255 g/mol. The van der Waals surface area contributed by atoms with Crippen LogP contribution in [-0.4, -0.2) is 21.4 Å². The Balaban J connectivity index is 2.34. The molecule has 1 rings (SSSR count). The first-order valence-corrected chi connectivity index (χ1v) is 7.27. The van der Waals surface area contributed by atoms with Gasteiger partial charge in [0.1, 0.15) is 13.0 Å². The number of hydrogen-bond donors (Lipinski definition) is 0. The number of hydrogen-bond acceptors (Lipinski definition) is 2. The number of halogens is 1. The molecule has 0 N–H and O–H groups in total. The van der Waals surface area contributed by atoms with Gasteiger partial charge in [-0.15, -0.1) is 0 Å². The van der Waals surface area contributed by atoms with Crippen molar-refractivity contribution in [2.75, 3.05) is 6.67 Å². The van der Waals surface area contributed by atoms with Gasteiger partial charge in [-0.2, -0.15) is 5.10 Å². The van der Waals surface area contributed by atoms with Gasteiger partial charge < -0.3 is 0 Å². The van der Waals surface area contributed by atoms with E-state index in [9.17, 15) is 4.39 Å². The summed E-state index contributed by atoms with van der Waals surface area (Å²) in [5, 5.41) is 4.35. The summed E-state index contributed by atoms with van der Waals surface area (Å²) in [5.41, 5.74) is 0. The van der Waals surface area contributed by atoms with Crippen LogP contribution in [0.15, 0.2) is 6.33 Å². The molecular weight excluding hydrogens is 229 g/mol. The molecule has 0 saturated carbocycles. The van der Waals surface area contributed by atoms with Crippen LogP contribution in [0.25, 0.3) is 0 Å². The zero-order valence-corrected chi connectivity index (χ0v) is 11.7. The number of aryl methyl sites for hydroxylation is 1. The van der Waals surface area contributed by atoms with Gasteiger partial charge in [-0.25, -0.2) is 9.37 Å². The Kier molecular flexibility index (Phi) is 7.62. The van der Waals surface area contributed by atoms with Crippen molar-refractivity contribution in [1.29, 1.82) is 0 Å². The molecule has 0 aliphatic heterocycles. The zero-order valence-electron chi connectivity index (χ0n) is 11.7. The van der Waals surface area contributed by atoms with E-state index >= 15 is 0 Å². The minimum absolute atomic E-state index is 0.319. The lowest BCUT2D eigenvalue weighted by Gasteiger charge is -2.10. The lowest BCUT2D eigenvalue weighted by Crippen LogP contribution is -2.04. The maximum Gasteiger partial charge on any atom is 0.153 e. The quantitative estimate of drug-likeness (QED) is 0.589. The highest BCUT2D eigenvalue weighted by Gasteiger charge is 2.13. The monoisotopic (exact) mass is 255 g/mol. The molecule has 3 nitrogen and oxygen atoms in total. The van der Waals surface area contributed by atoms with Crippen LogP contribution in [0.5, 0.6) is 0 Å². The summed E-state index contributed by atoms with van der Waals surface area (Å²) in [4.78, 5) is 4.31. The maximum absolute atomic E-state index is 12.2. The summed E-state index contributed by atoms with van der Waals surface area (Å²) in [6.45, 7) is 4.35. The highest BCUT2D eigenvalue weighted by Crippen LogP contribution is 2.22. The number of alkyl halides is 1. The molecule has 1 heterocycles. The van der Waals surface area contributed by atoms with Crippen LogP contribution in [0, 0.1) is 0 Å². The fraction of sp³-hybridized carbons (Fsp3) is 0.857. The maximum atomic E-state index is 12.2. The molecule has 0 bridgehead atoms. The lowest BCUT2D eigenvalue weighted by atomic mass is 9.97. The topological polar surface area (TPSA) is 30.7 Å². The van der Waals surface area contributed by atoms with Crippen molar-refractivity contribution in [3.05, 3.63) is 12.2 Å². The van der Waals surface area contributed by atoms with E-state index in [2.05, 4.69) is 23.9 Å². The Labute approximate surface area is 110 Å². The number of aromatic nitrogens is 3. The molecule has 4 heteroatoms. The largest absolute Gasteiger partial charge is 0.250 e. The van der Waals surface area contributed by atoms with Crippen molar-refractivity contribution in [1.82, 2.24) is 14.8 Å². The molecule has 0 radical (unpaired) electrons. The molecule has 18 heavy (non-hydrogen) atoms. The van der Waals surface area contributed by atoms with E-state index in [1.807, 2.05) is 0 Å². The first-order chi connectivity index (χ1) is 8.81. The highest BCUT2D eigenvalue weighted by atomic mass is 19.1. The Morgan fingerprint density at radius 3 is 2.67 bits per heavy atom. The van der Waals surface area contributed by atoms with Gasteiger partial charge in [0.2, 0.25) is 0 Å². The van der Waals surface area contributed by atoms with Gasteiger partial charge >= 0.3 is 0 Å². The van der Waals surface area contributed by atoms with E-state index in [4.69, 9.17) is 0 Å². The predicted octanol–water partition coefficient (Wildman–Crippen LogP) is 4.10. The Morgan fingerprint density at radius 2 is 2.00 bits per heavy atom. The minimum atomic E-state index is -0.378. The van der Waals surface area contributed by atoms with Gasteiger partial charge in [0.05, 0.1) is 6.54 Å². The smallest absolute Gasteiger partial charge is 0.153 e. The molecule has 0 fully saturated rings. The molecule has 0 amide bonds. The van der Waals surface area contributed by atoms with Crippen LogP contribution in [0.3, 0.4) is 0 Å². The molecule has 0 aliphatic carbocycles. The van der Waals surface area contributed by atoms with Crippen molar-refractivity contribution >= 4 is 0 Å². The molecule has 0 aromatic carbocycles. The van der Waals surface area contributed by atoms with Crippen LogP contribution in [0.2, 0.25) is 0 Å². The summed E-state index contributed by atoms with van der Waals surface area (Å²) in [6.07, 6.45) is 10.4. The Hall–Kier alpha value is -0.930.